The van der Waals surface area contributed by atoms with Crippen molar-refractivity contribution in [1.29, 1.82) is 0 Å². The Labute approximate surface area is 120 Å². The Hall–Kier alpha value is -1.10. The second-order valence-electron chi connectivity index (χ2n) is 6.83. The summed E-state index contributed by atoms with van der Waals surface area (Å²) in [5, 5.41) is 8.22. The van der Waals surface area contributed by atoms with Gasteiger partial charge in [0.05, 0.1) is 0 Å². The molecule has 0 heterocycles. The molecule has 1 atom stereocenters. The van der Waals surface area contributed by atoms with Gasteiger partial charge in [-0.1, -0.05) is 0 Å². The van der Waals surface area contributed by atoms with Crippen molar-refractivity contribution in [3.63, 3.8) is 0 Å². The van der Waals surface area contributed by atoms with Gasteiger partial charge in [0.1, 0.15) is 6.04 Å². The minimum absolute atomic E-state index is 0.0213. The lowest BCUT2D eigenvalue weighted by molar-refractivity contribution is -0.138. The van der Waals surface area contributed by atoms with Gasteiger partial charge in [-0.15, -0.1) is 0 Å². The number of rotatable bonds is 4. The molecular weight excluding hydrogens is 256 g/mol. The van der Waals surface area contributed by atoms with Gasteiger partial charge < -0.3 is 16.6 Å². The first-order valence-electron chi connectivity index (χ1n) is 7.70. The molecule has 4 aliphatic carbocycles. The number of hydrogen-bond acceptors (Lipinski definition) is 3. The van der Waals surface area contributed by atoms with E-state index in [1.807, 2.05) is 0 Å². The number of aliphatic carboxylic acids is 1. The first-order valence-corrected chi connectivity index (χ1v) is 7.70. The standard InChI is InChI=1S/C10H16.C5H10N2O3/c1-7-2-9-4-8(1)5-10(3-7)6-9;6-3(5(9)10)1-2-4(7)8/h7-10H,1-6H2;3H,1-2,6H2,(H2,7,8)(H,9,10)/t;3-/m.0/s1. The molecule has 4 saturated carbocycles. The molecule has 4 aliphatic rings. The molecule has 0 saturated heterocycles. The van der Waals surface area contributed by atoms with Crippen LogP contribution in [-0.2, 0) is 9.59 Å². The number of nitrogens with two attached hydrogens (primary N) is 2. The molecule has 4 fully saturated rings. The maximum absolute atomic E-state index is 10.1. The van der Waals surface area contributed by atoms with Crippen LogP contribution < -0.4 is 11.5 Å². The quantitative estimate of drug-likeness (QED) is 0.726. The Bertz CT molecular complexity index is 314. The first kappa shape index (κ1) is 15.3. The highest BCUT2D eigenvalue weighted by atomic mass is 16.4. The lowest BCUT2D eigenvalue weighted by Gasteiger charge is -2.49. The number of hydrogen-bond donors (Lipinski definition) is 3. The molecule has 5 nitrogen and oxygen atoms in total. The fourth-order valence-corrected chi connectivity index (χ4v) is 4.40. The molecule has 0 aromatic heterocycles. The highest BCUT2D eigenvalue weighted by molar-refractivity contribution is 5.76. The van der Waals surface area contributed by atoms with Crippen molar-refractivity contribution in [2.75, 3.05) is 0 Å². The van der Waals surface area contributed by atoms with Crippen LogP contribution in [-0.4, -0.2) is 23.0 Å². The maximum Gasteiger partial charge on any atom is 0.320 e. The molecule has 20 heavy (non-hydrogen) atoms. The number of amides is 1. The molecule has 4 bridgehead atoms. The second kappa shape index (κ2) is 6.57. The summed E-state index contributed by atoms with van der Waals surface area (Å²) >= 11 is 0. The van der Waals surface area contributed by atoms with Gasteiger partial charge in [0, 0.05) is 6.42 Å². The average Bonchev–Trinajstić information content (AvgIpc) is 2.34. The lowest BCUT2D eigenvalue weighted by atomic mass is 9.56. The molecule has 5 heteroatoms. The van der Waals surface area contributed by atoms with Crippen molar-refractivity contribution in [1.82, 2.24) is 0 Å². The predicted octanol–water partition coefficient (Wildman–Crippen LogP) is 1.50. The summed E-state index contributed by atoms with van der Waals surface area (Å²) in [5.74, 6) is 3.07. The van der Waals surface area contributed by atoms with Crippen LogP contribution in [0.5, 0.6) is 0 Å². The molecular formula is C15H26N2O3. The Balaban J connectivity index is 0.000000147. The SMILES string of the molecule is C1C2CC3CC1CC(C2)C3.NC(=O)CC[C@H](N)C(=O)O. The number of carboxylic acids is 1. The largest absolute Gasteiger partial charge is 0.480 e. The van der Waals surface area contributed by atoms with Gasteiger partial charge in [-0.2, -0.15) is 0 Å². The van der Waals surface area contributed by atoms with E-state index >= 15 is 0 Å². The molecule has 0 radical (unpaired) electrons. The van der Waals surface area contributed by atoms with E-state index in [1.54, 1.807) is 38.5 Å². The summed E-state index contributed by atoms with van der Waals surface area (Å²) in [6.07, 6.45) is 9.75. The van der Waals surface area contributed by atoms with Gasteiger partial charge in [0.25, 0.3) is 0 Å². The van der Waals surface area contributed by atoms with Crippen molar-refractivity contribution in [3.8, 4) is 0 Å². The van der Waals surface area contributed by atoms with Gasteiger partial charge in [-0.3, -0.25) is 9.59 Å². The van der Waals surface area contributed by atoms with Gasteiger partial charge in [-0.05, 0) is 68.6 Å². The first-order chi connectivity index (χ1) is 9.44. The smallest absolute Gasteiger partial charge is 0.320 e. The molecule has 0 unspecified atom stereocenters. The third-order valence-corrected chi connectivity index (χ3v) is 5.02. The Morgan fingerprint density at radius 3 is 1.55 bits per heavy atom. The minimum atomic E-state index is -1.11. The van der Waals surface area contributed by atoms with E-state index < -0.39 is 17.9 Å². The zero-order chi connectivity index (χ0) is 14.7. The number of carboxylic acid groups (broad SMARTS) is 1. The molecule has 1 amide bonds. The third-order valence-electron chi connectivity index (χ3n) is 5.02. The summed E-state index contributed by atoms with van der Waals surface area (Å²) in [7, 11) is 0. The molecule has 0 aromatic carbocycles. The van der Waals surface area contributed by atoms with Crippen LogP contribution in [0.4, 0.5) is 0 Å². The molecule has 114 valence electrons. The van der Waals surface area contributed by atoms with Crippen LogP contribution in [0, 0.1) is 23.7 Å². The second-order valence-corrected chi connectivity index (χ2v) is 6.83. The molecule has 4 rings (SSSR count). The van der Waals surface area contributed by atoms with E-state index in [-0.39, 0.29) is 12.8 Å². The van der Waals surface area contributed by atoms with E-state index in [0.29, 0.717) is 0 Å². The van der Waals surface area contributed by atoms with Crippen molar-refractivity contribution >= 4 is 11.9 Å². The highest BCUT2D eigenvalue weighted by Gasteiger charge is 2.41. The van der Waals surface area contributed by atoms with E-state index in [9.17, 15) is 9.59 Å². The Morgan fingerprint density at radius 1 is 0.950 bits per heavy atom. The van der Waals surface area contributed by atoms with E-state index in [2.05, 4.69) is 0 Å². The maximum atomic E-state index is 10.1. The van der Waals surface area contributed by atoms with Crippen LogP contribution in [0.1, 0.15) is 51.4 Å². The number of carbonyl (C=O) groups excluding carboxylic acids is 1. The Kier molecular flexibility index (Phi) is 5.02. The molecule has 0 spiro atoms. The van der Waals surface area contributed by atoms with Crippen molar-refractivity contribution in [2.45, 2.75) is 57.4 Å². The summed E-state index contributed by atoms with van der Waals surface area (Å²) < 4.78 is 0. The topological polar surface area (TPSA) is 106 Å². The normalized spacial score (nSPS) is 35.0. The summed E-state index contributed by atoms with van der Waals surface area (Å²) in [4.78, 5) is 20.1. The van der Waals surface area contributed by atoms with Crippen LogP contribution in [0.15, 0.2) is 0 Å². The van der Waals surface area contributed by atoms with Crippen LogP contribution >= 0.6 is 0 Å². The lowest BCUT2D eigenvalue weighted by Crippen LogP contribution is -2.38. The molecule has 0 aliphatic heterocycles. The van der Waals surface area contributed by atoms with Gasteiger partial charge >= 0.3 is 5.97 Å². The van der Waals surface area contributed by atoms with Crippen LogP contribution in [0.25, 0.3) is 0 Å². The van der Waals surface area contributed by atoms with E-state index in [4.69, 9.17) is 16.6 Å². The van der Waals surface area contributed by atoms with Gasteiger partial charge in [0.2, 0.25) is 5.91 Å². The van der Waals surface area contributed by atoms with E-state index in [1.165, 1.54) is 23.7 Å². The van der Waals surface area contributed by atoms with Crippen molar-refractivity contribution < 1.29 is 14.7 Å². The number of carbonyl (C=O) groups is 2. The minimum Gasteiger partial charge on any atom is -0.480 e. The average molecular weight is 282 g/mol. The third kappa shape index (κ3) is 4.20. The van der Waals surface area contributed by atoms with Gasteiger partial charge in [0.15, 0.2) is 0 Å². The Morgan fingerprint density at radius 2 is 1.30 bits per heavy atom. The summed E-state index contributed by atoms with van der Waals surface area (Å²) in [5.41, 5.74) is 9.81. The van der Waals surface area contributed by atoms with E-state index in [0.717, 1.165) is 0 Å². The predicted molar refractivity (Wildman–Crippen MR) is 75.7 cm³/mol. The van der Waals surface area contributed by atoms with Crippen LogP contribution in [0.2, 0.25) is 0 Å². The zero-order valence-electron chi connectivity index (χ0n) is 12.0. The zero-order valence-corrected chi connectivity index (χ0v) is 12.0. The number of primary amides is 1. The fourth-order valence-electron chi connectivity index (χ4n) is 4.40. The monoisotopic (exact) mass is 282 g/mol. The summed E-state index contributed by atoms with van der Waals surface area (Å²) in [6.45, 7) is 0. The highest BCUT2D eigenvalue weighted by Crippen LogP contribution is 2.53. The van der Waals surface area contributed by atoms with Crippen molar-refractivity contribution in [3.05, 3.63) is 0 Å². The fraction of sp³-hybridized carbons (Fsp3) is 0.867. The van der Waals surface area contributed by atoms with Crippen molar-refractivity contribution in [2.24, 2.45) is 35.1 Å². The summed E-state index contributed by atoms with van der Waals surface area (Å²) in [6, 6.07) is -0.979. The molecule has 5 N–H and O–H groups in total. The van der Waals surface area contributed by atoms with Gasteiger partial charge in [-0.25, -0.2) is 0 Å². The van der Waals surface area contributed by atoms with Crippen LogP contribution in [0.3, 0.4) is 0 Å². The molecule has 0 aromatic rings.